The van der Waals surface area contributed by atoms with Gasteiger partial charge in [-0.15, -0.1) is 0 Å². The van der Waals surface area contributed by atoms with E-state index in [0.29, 0.717) is 31.2 Å². The lowest BCUT2D eigenvalue weighted by atomic mass is 10.0. The molecule has 9 heteroatoms. The van der Waals surface area contributed by atoms with Crippen LogP contribution >= 0.6 is 0 Å². The van der Waals surface area contributed by atoms with Gasteiger partial charge in [-0.25, -0.2) is 13.4 Å². The largest absolute Gasteiger partial charge is 0.494 e. The number of carbonyl (C=O) groups is 1. The fourth-order valence-electron chi connectivity index (χ4n) is 3.38. The van der Waals surface area contributed by atoms with E-state index in [-0.39, 0.29) is 12.5 Å². The molecule has 1 atom stereocenters. The standard InChI is InChI=1S/C21H27N3O5S/c1-3-28-17-7-9-18(10-8-17)29-20-14-16(11-12-22-20)15-23-21(25)19-6-4-5-13-24(19)30(2,26)27/h7-12,14,19H,3-6,13,15H2,1-2H3,(H,23,25). The number of amides is 1. The lowest BCUT2D eigenvalue weighted by molar-refractivity contribution is -0.125. The Morgan fingerprint density at radius 2 is 1.93 bits per heavy atom. The molecule has 1 aromatic carbocycles. The van der Waals surface area contributed by atoms with Crippen LogP contribution in [-0.2, 0) is 21.4 Å². The summed E-state index contributed by atoms with van der Waals surface area (Å²) in [4.78, 5) is 16.8. The molecular weight excluding hydrogens is 406 g/mol. The predicted octanol–water partition coefficient (Wildman–Crippen LogP) is 2.70. The summed E-state index contributed by atoms with van der Waals surface area (Å²) in [5.74, 6) is 1.51. The van der Waals surface area contributed by atoms with Crippen molar-refractivity contribution in [2.75, 3.05) is 19.4 Å². The van der Waals surface area contributed by atoms with Crippen LogP contribution in [0.3, 0.4) is 0 Å². The molecule has 1 aromatic heterocycles. The maximum absolute atomic E-state index is 12.6. The van der Waals surface area contributed by atoms with Gasteiger partial charge in [0.25, 0.3) is 0 Å². The summed E-state index contributed by atoms with van der Waals surface area (Å²) in [6.07, 6.45) is 4.88. The molecule has 2 heterocycles. The van der Waals surface area contributed by atoms with Crippen LogP contribution in [0.2, 0.25) is 0 Å². The Bertz CT molecular complexity index is 963. The average molecular weight is 434 g/mol. The number of hydrogen-bond donors (Lipinski definition) is 1. The number of benzene rings is 1. The molecule has 0 radical (unpaired) electrons. The van der Waals surface area contributed by atoms with Gasteiger partial charge >= 0.3 is 0 Å². The normalized spacial score (nSPS) is 17.3. The molecule has 1 aliphatic rings. The van der Waals surface area contributed by atoms with Crippen molar-refractivity contribution in [1.82, 2.24) is 14.6 Å². The summed E-state index contributed by atoms with van der Waals surface area (Å²) in [6.45, 7) is 3.16. The first-order valence-corrected chi connectivity index (χ1v) is 11.8. The summed E-state index contributed by atoms with van der Waals surface area (Å²) < 4.78 is 36.4. The number of sulfonamides is 1. The summed E-state index contributed by atoms with van der Waals surface area (Å²) in [5.41, 5.74) is 0.806. The highest BCUT2D eigenvalue weighted by atomic mass is 32.2. The number of pyridine rings is 1. The van der Waals surface area contributed by atoms with Crippen molar-refractivity contribution < 1.29 is 22.7 Å². The number of carbonyl (C=O) groups excluding carboxylic acids is 1. The molecule has 1 saturated heterocycles. The maximum Gasteiger partial charge on any atom is 0.238 e. The lowest BCUT2D eigenvalue weighted by Gasteiger charge is -2.32. The zero-order chi connectivity index (χ0) is 21.6. The van der Waals surface area contributed by atoms with Crippen molar-refractivity contribution in [2.24, 2.45) is 0 Å². The van der Waals surface area contributed by atoms with Crippen LogP contribution in [0, 0.1) is 0 Å². The van der Waals surface area contributed by atoms with E-state index >= 15 is 0 Å². The summed E-state index contributed by atoms with van der Waals surface area (Å²) >= 11 is 0. The monoisotopic (exact) mass is 433 g/mol. The van der Waals surface area contributed by atoms with E-state index < -0.39 is 16.1 Å². The van der Waals surface area contributed by atoms with Crippen LogP contribution in [0.25, 0.3) is 0 Å². The van der Waals surface area contributed by atoms with Crippen molar-refractivity contribution in [3.63, 3.8) is 0 Å². The molecule has 1 amide bonds. The Morgan fingerprint density at radius 3 is 2.63 bits per heavy atom. The van der Waals surface area contributed by atoms with Gasteiger partial charge in [0.2, 0.25) is 21.8 Å². The van der Waals surface area contributed by atoms with Gasteiger partial charge in [0.1, 0.15) is 17.5 Å². The Balaban J connectivity index is 1.60. The van der Waals surface area contributed by atoms with Gasteiger partial charge in [0, 0.05) is 25.4 Å². The van der Waals surface area contributed by atoms with Crippen LogP contribution in [0.4, 0.5) is 0 Å². The third kappa shape index (κ3) is 5.93. The first-order valence-electron chi connectivity index (χ1n) is 9.97. The highest BCUT2D eigenvalue weighted by molar-refractivity contribution is 7.88. The van der Waals surface area contributed by atoms with Crippen LogP contribution in [0.5, 0.6) is 17.4 Å². The molecule has 1 N–H and O–H groups in total. The lowest BCUT2D eigenvalue weighted by Crippen LogP contribution is -2.51. The van der Waals surface area contributed by atoms with Gasteiger partial charge in [-0.1, -0.05) is 6.42 Å². The second kappa shape index (κ2) is 9.90. The molecular formula is C21H27N3O5S. The number of ether oxygens (including phenoxy) is 2. The molecule has 0 aliphatic carbocycles. The van der Waals surface area contributed by atoms with Gasteiger partial charge in [0.15, 0.2) is 0 Å². The third-order valence-electron chi connectivity index (χ3n) is 4.81. The minimum Gasteiger partial charge on any atom is -0.494 e. The van der Waals surface area contributed by atoms with Gasteiger partial charge < -0.3 is 14.8 Å². The second-order valence-electron chi connectivity index (χ2n) is 7.11. The smallest absolute Gasteiger partial charge is 0.238 e. The van der Waals surface area contributed by atoms with E-state index in [9.17, 15) is 13.2 Å². The van der Waals surface area contributed by atoms with Crippen LogP contribution in [0.15, 0.2) is 42.6 Å². The van der Waals surface area contributed by atoms with Gasteiger partial charge in [0.05, 0.1) is 12.9 Å². The van der Waals surface area contributed by atoms with Crippen LogP contribution in [-0.4, -0.2) is 49.1 Å². The van der Waals surface area contributed by atoms with E-state index in [1.807, 2.05) is 19.1 Å². The highest BCUT2D eigenvalue weighted by Crippen LogP contribution is 2.23. The number of rotatable bonds is 8. The van der Waals surface area contributed by atoms with Crippen molar-refractivity contribution in [3.8, 4) is 17.4 Å². The van der Waals surface area contributed by atoms with E-state index in [0.717, 1.165) is 30.4 Å². The van der Waals surface area contributed by atoms with E-state index in [4.69, 9.17) is 9.47 Å². The molecule has 30 heavy (non-hydrogen) atoms. The first kappa shape index (κ1) is 22.0. The number of piperidine rings is 1. The predicted molar refractivity (Wildman–Crippen MR) is 113 cm³/mol. The average Bonchev–Trinajstić information content (AvgIpc) is 2.73. The summed E-state index contributed by atoms with van der Waals surface area (Å²) in [6, 6.07) is 10.1. The van der Waals surface area contributed by atoms with Crippen molar-refractivity contribution in [1.29, 1.82) is 0 Å². The van der Waals surface area contributed by atoms with Crippen molar-refractivity contribution >= 4 is 15.9 Å². The van der Waals surface area contributed by atoms with Crippen LogP contribution in [0.1, 0.15) is 31.7 Å². The van der Waals surface area contributed by atoms with E-state index in [1.165, 1.54) is 4.31 Å². The molecule has 0 saturated carbocycles. The van der Waals surface area contributed by atoms with Gasteiger partial charge in [-0.05, 0) is 55.7 Å². The number of nitrogens with zero attached hydrogens (tertiary/aromatic N) is 2. The molecule has 8 nitrogen and oxygen atoms in total. The molecule has 2 aromatic rings. The Labute approximate surface area is 177 Å². The highest BCUT2D eigenvalue weighted by Gasteiger charge is 2.34. The fraction of sp³-hybridized carbons (Fsp3) is 0.429. The molecule has 0 bridgehead atoms. The van der Waals surface area contributed by atoms with Gasteiger partial charge in [-0.2, -0.15) is 4.31 Å². The molecule has 1 unspecified atom stereocenters. The minimum atomic E-state index is -3.42. The molecule has 1 aliphatic heterocycles. The topological polar surface area (TPSA) is 97.8 Å². The van der Waals surface area contributed by atoms with E-state index in [2.05, 4.69) is 10.3 Å². The number of hydrogen-bond acceptors (Lipinski definition) is 6. The second-order valence-corrected chi connectivity index (χ2v) is 9.05. The molecule has 1 fully saturated rings. The Hall–Kier alpha value is -2.65. The summed E-state index contributed by atoms with van der Waals surface area (Å²) in [7, 11) is -3.42. The van der Waals surface area contributed by atoms with Gasteiger partial charge in [-0.3, -0.25) is 4.79 Å². The zero-order valence-electron chi connectivity index (χ0n) is 17.2. The minimum absolute atomic E-state index is 0.259. The molecule has 0 spiro atoms. The fourth-order valence-corrected chi connectivity index (χ4v) is 4.50. The number of aromatic nitrogens is 1. The Morgan fingerprint density at radius 1 is 1.20 bits per heavy atom. The summed E-state index contributed by atoms with van der Waals surface area (Å²) in [5, 5.41) is 2.84. The maximum atomic E-state index is 12.6. The third-order valence-corrected chi connectivity index (χ3v) is 6.09. The van der Waals surface area contributed by atoms with Crippen molar-refractivity contribution in [3.05, 3.63) is 48.2 Å². The zero-order valence-corrected chi connectivity index (χ0v) is 18.0. The first-order chi connectivity index (χ1) is 14.4. The Kier molecular flexibility index (Phi) is 7.28. The van der Waals surface area contributed by atoms with Crippen molar-refractivity contribution in [2.45, 2.75) is 38.8 Å². The SMILES string of the molecule is CCOc1ccc(Oc2cc(CNC(=O)C3CCCCN3S(C)(=O)=O)ccn2)cc1. The molecule has 162 valence electrons. The van der Waals surface area contributed by atoms with E-state index in [1.54, 1.807) is 30.5 Å². The molecule has 3 rings (SSSR count). The van der Waals surface area contributed by atoms with Crippen LogP contribution < -0.4 is 14.8 Å². The quantitative estimate of drug-likeness (QED) is 0.687. The number of nitrogens with one attached hydrogen (secondary N) is 1.